The lowest BCUT2D eigenvalue weighted by Crippen LogP contribution is -2.21. The van der Waals surface area contributed by atoms with Gasteiger partial charge in [0.2, 0.25) is 0 Å². The van der Waals surface area contributed by atoms with Crippen molar-refractivity contribution < 1.29 is 10.2 Å². The summed E-state index contributed by atoms with van der Waals surface area (Å²) in [6.07, 6.45) is 3.11. The number of phenolic OH excluding ortho intramolecular Hbond substituents is 2. The van der Waals surface area contributed by atoms with Crippen LogP contribution in [0.5, 0.6) is 11.5 Å². The summed E-state index contributed by atoms with van der Waals surface area (Å²) in [6, 6.07) is 15.6. The van der Waals surface area contributed by atoms with Gasteiger partial charge in [-0.25, -0.2) is 0 Å². The second-order valence-corrected chi connectivity index (χ2v) is 7.50. The molecule has 2 aromatic rings. The minimum atomic E-state index is -0.0618. The van der Waals surface area contributed by atoms with Crippen LogP contribution < -0.4 is 10.6 Å². The van der Waals surface area contributed by atoms with Crippen molar-refractivity contribution in [3.63, 3.8) is 0 Å². The zero-order valence-electron chi connectivity index (χ0n) is 15.3. The Morgan fingerprint density at radius 2 is 1.42 bits per heavy atom. The highest BCUT2D eigenvalue weighted by molar-refractivity contribution is 7.99. The van der Waals surface area contributed by atoms with Crippen LogP contribution in [0.25, 0.3) is 0 Å². The van der Waals surface area contributed by atoms with Crippen LogP contribution >= 0.6 is 11.8 Å². The molecule has 26 heavy (non-hydrogen) atoms. The molecule has 0 aliphatic rings. The third-order valence-electron chi connectivity index (χ3n) is 4.13. The molecule has 0 saturated heterocycles. The predicted molar refractivity (Wildman–Crippen MR) is 111 cm³/mol. The number of thioether (sulfide) groups is 1. The number of hydrogen-bond acceptors (Lipinski definition) is 5. The van der Waals surface area contributed by atoms with E-state index in [4.69, 9.17) is 0 Å². The first-order chi connectivity index (χ1) is 12.8. The number of benzene rings is 2. The van der Waals surface area contributed by atoms with Crippen LogP contribution in [0.15, 0.2) is 48.5 Å². The van der Waals surface area contributed by atoms with Gasteiger partial charge in [-0.1, -0.05) is 36.4 Å². The third kappa shape index (κ3) is 8.61. The summed E-state index contributed by atoms with van der Waals surface area (Å²) in [7, 11) is 0. The van der Waals surface area contributed by atoms with Gasteiger partial charge < -0.3 is 20.8 Å². The van der Waals surface area contributed by atoms with Crippen LogP contribution in [-0.2, 0) is 12.8 Å². The van der Waals surface area contributed by atoms with E-state index < -0.39 is 0 Å². The summed E-state index contributed by atoms with van der Waals surface area (Å²) >= 11 is 1.99. The standard InChI is InChI=1S/C21H30N2O2S/c24-20-8-7-19(17-21(20)25)10-13-22-11-4-15-26-16-14-23-12-9-18-5-2-1-3-6-18/h1-3,5-8,17,22-25H,4,9-16H2. The Balaban J connectivity index is 1.36. The molecule has 2 aromatic carbocycles. The maximum absolute atomic E-state index is 9.46. The number of nitrogens with one attached hydrogen (secondary N) is 2. The summed E-state index contributed by atoms with van der Waals surface area (Å²) in [6.45, 7) is 4.00. The zero-order chi connectivity index (χ0) is 18.5. The fourth-order valence-corrected chi connectivity index (χ4v) is 3.47. The van der Waals surface area contributed by atoms with Crippen LogP contribution in [0, 0.1) is 0 Å². The lowest BCUT2D eigenvalue weighted by Gasteiger charge is -2.07. The molecule has 4 N–H and O–H groups in total. The summed E-state index contributed by atoms with van der Waals surface area (Å²) in [5.74, 6) is 2.22. The highest BCUT2D eigenvalue weighted by atomic mass is 32.2. The van der Waals surface area contributed by atoms with Gasteiger partial charge >= 0.3 is 0 Å². The van der Waals surface area contributed by atoms with E-state index in [1.807, 2.05) is 17.8 Å². The first-order valence-corrected chi connectivity index (χ1v) is 10.4. The molecule has 0 heterocycles. The quantitative estimate of drug-likeness (QED) is 0.320. The van der Waals surface area contributed by atoms with Gasteiger partial charge in [0.15, 0.2) is 11.5 Å². The van der Waals surface area contributed by atoms with Crippen molar-refractivity contribution in [2.24, 2.45) is 0 Å². The van der Waals surface area contributed by atoms with Crippen molar-refractivity contribution >= 4 is 11.8 Å². The second-order valence-electron chi connectivity index (χ2n) is 6.27. The number of rotatable bonds is 13. The molecule has 0 amide bonds. The van der Waals surface area contributed by atoms with Gasteiger partial charge in [0.1, 0.15) is 0 Å². The van der Waals surface area contributed by atoms with E-state index in [1.54, 1.807) is 6.07 Å². The molecule has 0 aromatic heterocycles. The van der Waals surface area contributed by atoms with E-state index in [0.717, 1.165) is 56.8 Å². The average molecular weight is 375 g/mol. The van der Waals surface area contributed by atoms with Crippen molar-refractivity contribution in [3.8, 4) is 11.5 Å². The molecule has 0 spiro atoms. The molecular weight excluding hydrogens is 344 g/mol. The van der Waals surface area contributed by atoms with Gasteiger partial charge in [0.05, 0.1) is 0 Å². The van der Waals surface area contributed by atoms with Crippen molar-refractivity contribution in [2.75, 3.05) is 37.7 Å². The maximum atomic E-state index is 9.46. The molecule has 0 radical (unpaired) electrons. The lowest BCUT2D eigenvalue weighted by molar-refractivity contribution is 0.403. The summed E-state index contributed by atoms with van der Waals surface area (Å²) in [5, 5.41) is 25.7. The van der Waals surface area contributed by atoms with E-state index >= 15 is 0 Å². The molecular formula is C21H30N2O2S. The average Bonchev–Trinajstić information content (AvgIpc) is 2.66. The monoisotopic (exact) mass is 374 g/mol. The van der Waals surface area contributed by atoms with Crippen LogP contribution in [-0.4, -0.2) is 47.9 Å². The fraction of sp³-hybridized carbons (Fsp3) is 0.429. The van der Waals surface area contributed by atoms with Crippen molar-refractivity contribution in [1.82, 2.24) is 10.6 Å². The normalized spacial score (nSPS) is 10.9. The SMILES string of the molecule is Oc1ccc(CCNCCCSCCNCCc2ccccc2)cc1O. The molecule has 2 rings (SSSR count). The minimum absolute atomic E-state index is 0.0451. The molecule has 0 bridgehead atoms. The van der Waals surface area contributed by atoms with Gasteiger partial charge in [-0.15, -0.1) is 0 Å². The Morgan fingerprint density at radius 1 is 0.692 bits per heavy atom. The van der Waals surface area contributed by atoms with Crippen molar-refractivity contribution in [1.29, 1.82) is 0 Å². The molecule has 5 heteroatoms. The second kappa shape index (κ2) is 12.6. The first kappa shape index (κ1) is 20.6. The van der Waals surface area contributed by atoms with Gasteiger partial charge in [-0.2, -0.15) is 11.8 Å². The molecule has 4 nitrogen and oxygen atoms in total. The maximum Gasteiger partial charge on any atom is 0.157 e. The van der Waals surface area contributed by atoms with E-state index in [9.17, 15) is 10.2 Å². The molecule has 0 saturated carbocycles. The molecule has 142 valence electrons. The van der Waals surface area contributed by atoms with Crippen LogP contribution in [0.1, 0.15) is 17.5 Å². The summed E-state index contributed by atoms with van der Waals surface area (Å²) in [4.78, 5) is 0. The zero-order valence-corrected chi connectivity index (χ0v) is 16.1. The smallest absolute Gasteiger partial charge is 0.157 e. The van der Waals surface area contributed by atoms with Crippen LogP contribution in [0.2, 0.25) is 0 Å². The summed E-state index contributed by atoms with van der Waals surface area (Å²) in [5.41, 5.74) is 2.42. The van der Waals surface area contributed by atoms with Gasteiger partial charge in [-0.3, -0.25) is 0 Å². The van der Waals surface area contributed by atoms with E-state index in [0.29, 0.717) is 0 Å². The molecule has 0 aliphatic carbocycles. The third-order valence-corrected chi connectivity index (χ3v) is 5.20. The Labute approximate surface area is 161 Å². The minimum Gasteiger partial charge on any atom is -0.504 e. The molecule has 0 unspecified atom stereocenters. The van der Waals surface area contributed by atoms with E-state index in [1.165, 1.54) is 17.4 Å². The molecule has 0 atom stereocenters. The van der Waals surface area contributed by atoms with Crippen molar-refractivity contribution in [2.45, 2.75) is 19.3 Å². The summed E-state index contributed by atoms with van der Waals surface area (Å²) < 4.78 is 0. The fourth-order valence-electron chi connectivity index (χ4n) is 2.63. The highest BCUT2D eigenvalue weighted by Gasteiger charge is 2.00. The topological polar surface area (TPSA) is 64.5 Å². The van der Waals surface area contributed by atoms with Crippen molar-refractivity contribution in [3.05, 3.63) is 59.7 Å². The van der Waals surface area contributed by atoms with Gasteiger partial charge in [-0.05, 0) is 67.9 Å². The van der Waals surface area contributed by atoms with Gasteiger partial charge in [0.25, 0.3) is 0 Å². The Kier molecular flexibility index (Phi) is 10.0. The Hall–Kier alpha value is -1.69. The molecule has 0 aliphatic heterocycles. The Morgan fingerprint density at radius 3 is 2.19 bits per heavy atom. The lowest BCUT2D eigenvalue weighted by atomic mass is 10.1. The first-order valence-electron chi connectivity index (χ1n) is 9.29. The largest absolute Gasteiger partial charge is 0.504 e. The predicted octanol–water partition coefficient (Wildman–Crippen LogP) is 3.19. The number of hydrogen-bond donors (Lipinski definition) is 4. The van der Waals surface area contributed by atoms with E-state index in [-0.39, 0.29) is 11.5 Å². The van der Waals surface area contributed by atoms with Crippen LogP contribution in [0.3, 0.4) is 0 Å². The number of phenols is 2. The molecule has 0 fully saturated rings. The van der Waals surface area contributed by atoms with E-state index in [2.05, 4.69) is 41.0 Å². The number of aromatic hydroxyl groups is 2. The highest BCUT2D eigenvalue weighted by Crippen LogP contribution is 2.24. The van der Waals surface area contributed by atoms with Crippen LogP contribution in [0.4, 0.5) is 0 Å². The Bertz CT molecular complexity index is 623. The van der Waals surface area contributed by atoms with Gasteiger partial charge in [0, 0.05) is 12.3 Å².